The Bertz CT molecular complexity index is 583. The first-order valence-corrected chi connectivity index (χ1v) is 6.91. The van der Waals surface area contributed by atoms with Gasteiger partial charge in [0.25, 0.3) is 0 Å². The fraction of sp³-hybridized carbons (Fsp3) is 0.467. The molecule has 0 unspecified atom stereocenters. The molecule has 0 radical (unpaired) electrons. The second-order valence-electron chi connectivity index (χ2n) is 5.62. The first-order valence-electron chi connectivity index (χ1n) is 6.91. The van der Waals surface area contributed by atoms with Crippen molar-refractivity contribution in [3.05, 3.63) is 24.3 Å². The van der Waals surface area contributed by atoms with E-state index in [0.29, 0.717) is 12.5 Å². The standard InChI is InChI=1S/C15H22N4O/c1-4-16-14-18-12-8-6-5-7-11(12)13(19-14)17-9-15(2,3)10-20/h5-8,20H,4,9-10H2,1-3H3,(H2,16,17,18,19). The van der Waals surface area contributed by atoms with Gasteiger partial charge in [0.15, 0.2) is 0 Å². The molecule has 0 atom stereocenters. The van der Waals surface area contributed by atoms with E-state index in [-0.39, 0.29) is 12.0 Å². The summed E-state index contributed by atoms with van der Waals surface area (Å²) in [5, 5.41) is 16.8. The van der Waals surface area contributed by atoms with E-state index in [2.05, 4.69) is 20.6 Å². The lowest BCUT2D eigenvalue weighted by atomic mass is 9.95. The van der Waals surface area contributed by atoms with Crippen molar-refractivity contribution in [2.24, 2.45) is 5.41 Å². The molecule has 1 heterocycles. The molecular formula is C15H22N4O. The van der Waals surface area contributed by atoms with Crippen molar-refractivity contribution in [1.29, 1.82) is 0 Å². The molecule has 108 valence electrons. The van der Waals surface area contributed by atoms with Crippen LogP contribution in [0.2, 0.25) is 0 Å². The second kappa shape index (κ2) is 6.05. The van der Waals surface area contributed by atoms with Gasteiger partial charge in [-0.25, -0.2) is 4.98 Å². The Morgan fingerprint density at radius 2 is 1.90 bits per heavy atom. The zero-order valence-corrected chi connectivity index (χ0v) is 12.3. The minimum Gasteiger partial charge on any atom is -0.396 e. The number of nitrogens with one attached hydrogen (secondary N) is 2. The van der Waals surface area contributed by atoms with Crippen molar-refractivity contribution in [1.82, 2.24) is 9.97 Å². The molecule has 0 spiro atoms. The summed E-state index contributed by atoms with van der Waals surface area (Å²) in [5.74, 6) is 1.42. The monoisotopic (exact) mass is 274 g/mol. The molecule has 1 aromatic heterocycles. The third-order valence-electron chi connectivity index (χ3n) is 3.10. The van der Waals surface area contributed by atoms with Crippen LogP contribution in [0.4, 0.5) is 11.8 Å². The molecule has 1 aromatic carbocycles. The summed E-state index contributed by atoms with van der Waals surface area (Å²) in [5.41, 5.74) is 0.715. The highest BCUT2D eigenvalue weighted by Crippen LogP contribution is 2.23. The average Bonchev–Trinajstić information content (AvgIpc) is 2.45. The zero-order chi connectivity index (χ0) is 14.6. The number of aromatic nitrogens is 2. The molecule has 2 rings (SSSR count). The maximum Gasteiger partial charge on any atom is 0.225 e. The highest BCUT2D eigenvalue weighted by atomic mass is 16.3. The fourth-order valence-electron chi connectivity index (χ4n) is 1.83. The van der Waals surface area contributed by atoms with Gasteiger partial charge < -0.3 is 15.7 Å². The maximum absolute atomic E-state index is 9.34. The van der Waals surface area contributed by atoms with Gasteiger partial charge in [-0.2, -0.15) is 4.98 Å². The van der Waals surface area contributed by atoms with Gasteiger partial charge in [0.2, 0.25) is 5.95 Å². The van der Waals surface area contributed by atoms with Crippen LogP contribution in [-0.2, 0) is 0 Å². The highest BCUT2D eigenvalue weighted by molar-refractivity contribution is 5.90. The van der Waals surface area contributed by atoms with Gasteiger partial charge in [0, 0.05) is 30.5 Å². The molecule has 5 nitrogen and oxygen atoms in total. The van der Waals surface area contributed by atoms with E-state index < -0.39 is 0 Å². The summed E-state index contributed by atoms with van der Waals surface area (Å²) in [6.45, 7) is 7.59. The van der Waals surface area contributed by atoms with Crippen LogP contribution in [0.3, 0.4) is 0 Å². The largest absolute Gasteiger partial charge is 0.396 e. The number of benzene rings is 1. The number of hydrogen-bond acceptors (Lipinski definition) is 5. The van der Waals surface area contributed by atoms with Gasteiger partial charge in [-0.15, -0.1) is 0 Å². The summed E-state index contributed by atoms with van der Waals surface area (Å²) in [4.78, 5) is 8.99. The van der Waals surface area contributed by atoms with Gasteiger partial charge >= 0.3 is 0 Å². The zero-order valence-electron chi connectivity index (χ0n) is 12.3. The number of anilines is 2. The van der Waals surface area contributed by atoms with E-state index in [1.54, 1.807) is 0 Å². The van der Waals surface area contributed by atoms with Crippen molar-refractivity contribution in [2.45, 2.75) is 20.8 Å². The molecular weight excluding hydrogens is 252 g/mol. The molecule has 0 fully saturated rings. The van der Waals surface area contributed by atoms with Crippen LogP contribution in [-0.4, -0.2) is 34.8 Å². The van der Waals surface area contributed by atoms with Crippen LogP contribution >= 0.6 is 0 Å². The van der Waals surface area contributed by atoms with E-state index in [1.807, 2.05) is 45.0 Å². The number of aliphatic hydroxyl groups is 1. The molecule has 0 aliphatic heterocycles. The van der Waals surface area contributed by atoms with Gasteiger partial charge in [-0.05, 0) is 19.1 Å². The summed E-state index contributed by atoms with van der Waals surface area (Å²) in [7, 11) is 0. The van der Waals surface area contributed by atoms with Crippen LogP contribution in [0.5, 0.6) is 0 Å². The lowest BCUT2D eigenvalue weighted by molar-refractivity contribution is 0.171. The molecule has 0 amide bonds. The Kier molecular flexibility index (Phi) is 4.39. The van der Waals surface area contributed by atoms with E-state index in [1.165, 1.54) is 0 Å². The average molecular weight is 274 g/mol. The molecule has 0 saturated carbocycles. The van der Waals surface area contributed by atoms with Crippen LogP contribution in [0, 0.1) is 5.41 Å². The van der Waals surface area contributed by atoms with Gasteiger partial charge in [0.05, 0.1) is 5.52 Å². The number of para-hydroxylation sites is 1. The quantitative estimate of drug-likeness (QED) is 0.755. The van der Waals surface area contributed by atoms with Crippen molar-refractivity contribution in [2.75, 3.05) is 30.3 Å². The summed E-state index contributed by atoms with van der Waals surface area (Å²) in [6, 6.07) is 7.91. The number of rotatable bonds is 6. The predicted molar refractivity (Wildman–Crippen MR) is 83.1 cm³/mol. The summed E-state index contributed by atoms with van der Waals surface area (Å²) < 4.78 is 0. The second-order valence-corrected chi connectivity index (χ2v) is 5.62. The van der Waals surface area contributed by atoms with Gasteiger partial charge in [-0.3, -0.25) is 0 Å². The van der Waals surface area contributed by atoms with Crippen molar-refractivity contribution < 1.29 is 5.11 Å². The number of hydrogen-bond donors (Lipinski definition) is 3. The molecule has 3 N–H and O–H groups in total. The van der Waals surface area contributed by atoms with E-state index in [0.717, 1.165) is 23.3 Å². The van der Waals surface area contributed by atoms with Crippen molar-refractivity contribution >= 4 is 22.7 Å². The Morgan fingerprint density at radius 3 is 2.60 bits per heavy atom. The fourth-order valence-corrected chi connectivity index (χ4v) is 1.83. The Morgan fingerprint density at radius 1 is 1.15 bits per heavy atom. The SMILES string of the molecule is CCNc1nc(NCC(C)(C)CO)c2ccccc2n1. The predicted octanol–water partition coefficient (Wildman–Crippen LogP) is 2.49. The highest BCUT2D eigenvalue weighted by Gasteiger charge is 2.17. The first kappa shape index (κ1) is 14.5. The maximum atomic E-state index is 9.34. The Balaban J connectivity index is 2.34. The molecule has 0 saturated heterocycles. The van der Waals surface area contributed by atoms with Crippen LogP contribution in [0.1, 0.15) is 20.8 Å². The number of aliphatic hydroxyl groups excluding tert-OH is 1. The van der Waals surface area contributed by atoms with Crippen LogP contribution in [0.25, 0.3) is 10.9 Å². The normalized spacial score (nSPS) is 11.6. The molecule has 0 aliphatic rings. The lowest BCUT2D eigenvalue weighted by Crippen LogP contribution is -2.27. The van der Waals surface area contributed by atoms with Crippen molar-refractivity contribution in [3.63, 3.8) is 0 Å². The van der Waals surface area contributed by atoms with E-state index in [4.69, 9.17) is 0 Å². The third-order valence-corrected chi connectivity index (χ3v) is 3.10. The smallest absolute Gasteiger partial charge is 0.225 e. The molecule has 2 aromatic rings. The molecule has 0 aliphatic carbocycles. The first-order chi connectivity index (χ1) is 9.55. The molecule has 0 bridgehead atoms. The number of nitrogens with zero attached hydrogens (tertiary/aromatic N) is 2. The third kappa shape index (κ3) is 3.36. The van der Waals surface area contributed by atoms with Gasteiger partial charge in [-0.1, -0.05) is 26.0 Å². The lowest BCUT2D eigenvalue weighted by Gasteiger charge is -2.22. The Hall–Kier alpha value is -1.88. The molecule has 5 heteroatoms. The summed E-state index contributed by atoms with van der Waals surface area (Å²) in [6.07, 6.45) is 0. The molecule has 20 heavy (non-hydrogen) atoms. The van der Waals surface area contributed by atoms with Gasteiger partial charge in [0.1, 0.15) is 5.82 Å². The topological polar surface area (TPSA) is 70.1 Å². The minimum absolute atomic E-state index is 0.128. The summed E-state index contributed by atoms with van der Waals surface area (Å²) >= 11 is 0. The van der Waals surface area contributed by atoms with Crippen LogP contribution < -0.4 is 10.6 Å². The number of fused-ring (bicyclic) bond motifs is 1. The Labute approximate surface area is 119 Å². The van der Waals surface area contributed by atoms with E-state index >= 15 is 0 Å². The minimum atomic E-state index is -0.190. The van der Waals surface area contributed by atoms with Crippen molar-refractivity contribution in [3.8, 4) is 0 Å². The van der Waals surface area contributed by atoms with Crippen LogP contribution in [0.15, 0.2) is 24.3 Å². The van der Waals surface area contributed by atoms with E-state index in [9.17, 15) is 5.11 Å².